The van der Waals surface area contributed by atoms with Gasteiger partial charge in [-0.15, -0.1) is 0 Å². The predicted molar refractivity (Wildman–Crippen MR) is 117 cm³/mol. The highest BCUT2D eigenvalue weighted by molar-refractivity contribution is 5.97. The topological polar surface area (TPSA) is 82.9 Å². The third-order valence-electron chi connectivity index (χ3n) is 5.27. The van der Waals surface area contributed by atoms with E-state index in [1.54, 1.807) is 31.2 Å². The Hall–Kier alpha value is -3.19. The van der Waals surface area contributed by atoms with Crippen LogP contribution >= 0.6 is 0 Å². The van der Waals surface area contributed by atoms with Crippen LogP contribution in [-0.2, 0) is 4.79 Å². The summed E-state index contributed by atoms with van der Waals surface area (Å²) < 4.78 is 0. The molecule has 1 fully saturated rings. The molecule has 7 nitrogen and oxygen atoms in total. The lowest BCUT2D eigenvalue weighted by atomic mass is 10.1. The van der Waals surface area contributed by atoms with Gasteiger partial charge in [-0.3, -0.25) is 14.4 Å². The van der Waals surface area contributed by atoms with Crippen LogP contribution in [0, 0.1) is 0 Å². The molecule has 1 saturated heterocycles. The lowest BCUT2D eigenvalue weighted by Gasteiger charge is -2.33. The number of benzene rings is 2. The quantitative estimate of drug-likeness (QED) is 0.596. The summed E-state index contributed by atoms with van der Waals surface area (Å²) in [7, 11) is 0. The normalized spacial score (nSPS) is 14.3. The Morgan fingerprint density at radius 1 is 1.00 bits per heavy atom. The molecule has 2 amide bonds. The molecule has 1 aliphatic heterocycles. The van der Waals surface area contributed by atoms with Crippen LogP contribution in [-0.4, -0.2) is 56.9 Å². The fraction of sp³-hybridized carbons (Fsp3) is 0.348. The van der Waals surface area contributed by atoms with Crippen molar-refractivity contribution in [2.45, 2.75) is 13.8 Å². The maximum atomic E-state index is 12.5. The first kappa shape index (κ1) is 21.5. The van der Waals surface area contributed by atoms with Gasteiger partial charge in [0.2, 0.25) is 0 Å². The van der Waals surface area contributed by atoms with Crippen LogP contribution in [0.5, 0.6) is 0 Å². The van der Waals surface area contributed by atoms with Crippen molar-refractivity contribution in [1.82, 2.24) is 5.32 Å². The molecule has 2 aromatic carbocycles. The van der Waals surface area contributed by atoms with Crippen molar-refractivity contribution in [2.75, 3.05) is 49.5 Å². The average molecular weight is 410 g/mol. The number of piperazine rings is 1. The molecule has 0 spiro atoms. The van der Waals surface area contributed by atoms with Gasteiger partial charge < -0.3 is 20.4 Å². The molecular formula is C23H29N4O3+. The lowest BCUT2D eigenvalue weighted by molar-refractivity contribution is -0.892. The monoisotopic (exact) mass is 409 g/mol. The van der Waals surface area contributed by atoms with Crippen LogP contribution in [0.1, 0.15) is 34.6 Å². The maximum absolute atomic E-state index is 12.5. The maximum Gasteiger partial charge on any atom is 0.279 e. The standard InChI is InChI=1S/C23H28N4O3/c1-3-24-23(30)19-5-4-6-20(15-19)25-22(29)16-26-11-13-27(14-12-26)21-9-7-18(8-10-21)17(2)28/h4-10,15H,3,11-14,16H2,1-2H3,(H,24,30)(H,25,29)/p+1. The number of carbonyl (C=O) groups is 3. The van der Waals surface area contributed by atoms with E-state index < -0.39 is 0 Å². The molecule has 0 aromatic heterocycles. The highest BCUT2D eigenvalue weighted by Gasteiger charge is 2.22. The van der Waals surface area contributed by atoms with E-state index in [0.29, 0.717) is 24.3 Å². The molecule has 0 aliphatic carbocycles. The second kappa shape index (κ2) is 10.0. The van der Waals surface area contributed by atoms with Crippen molar-refractivity contribution < 1.29 is 19.3 Å². The minimum Gasteiger partial charge on any atom is -0.360 e. The van der Waals surface area contributed by atoms with Gasteiger partial charge in [-0.1, -0.05) is 6.07 Å². The first-order chi connectivity index (χ1) is 14.5. The zero-order valence-corrected chi connectivity index (χ0v) is 17.5. The summed E-state index contributed by atoms with van der Waals surface area (Å²) in [4.78, 5) is 39.3. The molecule has 1 heterocycles. The Kier molecular flexibility index (Phi) is 7.19. The van der Waals surface area contributed by atoms with Crippen LogP contribution in [0.2, 0.25) is 0 Å². The van der Waals surface area contributed by atoms with E-state index in [-0.39, 0.29) is 17.6 Å². The fourth-order valence-electron chi connectivity index (χ4n) is 3.60. The van der Waals surface area contributed by atoms with Crippen LogP contribution in [0.15, 0.2) is 48.5 Å². The zero-order chi connectivity index (χ0) is 21.5. The number of ketones is 1. The Morgan fingerprint density at radius 2 is 1.70 bits per heavy atom. The van der Waals surface area contributed by atoms with Crippen molar-refractivity contribution >= 4 is 29.0 Å². The third-order valence-corrected chi connectivity index (χ3v) is 5.27. The van der Waals surface area contributed by atoms with E-state index in [4.69, 9.17) is 0 Å². The third kappa shape index (κ3) is 5.67. The fourth-order valence-corrected chi connectivity index (χ4v) is 3.60. The molecule has 1 aliphatic rings. The molecule has 7 heteroatoms. The molecule has 0 atom stereocenters. The molecule has 0 saturated carbocycles. The SMILES string of the molecule is CCNC(=O)c1cccc(NC(=O)C[NH+]2CCN(c3ccc(C(C)=O)cc3)CC2)c1. The zero-order valence-electron chi connectivity index (χ0n) is 17.5. The van der Waals surface area contributed by atoms with Crippen LogP contribution in [0.25, 0.3) is 0 Å². The highest BCUT2D eigenvalue weighted by atomic mass is 16.2. The minimum atomic E-state index is -0.147. The number of nitrogens with zero attached hydrogens (tertiary/aromatic N) is 1. The molecule has 30 heavy (non-hydrogen) atoms. The van der Waals surface area contributed by atoms with Gasteiger partial charge in [0.1, 0.15) is 0 Å². The summed E-state index contributed by atoms with van der Waals surface area (Å²) in [6.45, 7) is 7.82. The number of amides is 2. The van der Waals surface area contributed by atoms with Gasteiger partial charge in [0.15, 0.2) is 12.3 Å². The van der Waals surface area contributed by atoms with Gasteiger partial charge in [-0.25, -0.2) is 0 Å². The van der Waals surface area contributed by atoms with Gasteiger partial charge >= 0.3 is 0 Å². The molecule has 3 rings (SSSR count). The van der Waals surface area contributed by atoms with Crippen molar-refractivity contribution in [2.24, 2.45) is 0 Å². The van der Waals surface area contributed by atoms with E-state index >= 15 is 0 Å². The number of quaternary nitrogens is 1. The van der Waals surface area contributed by atoms with Crippen LogP contribution in [0.3, 0.4) is 0 Å². The molecule has 3 N–H and O–H groups in total. The number of carbonyl (C=O) groups excluding carboxylic acids is 3. The average Bonchev–Trinajstić information content (AvgIpc) is 2.74. The number of hydrogen-bond donors (Lipinski definition) is 3. The highest BCUT2D eigenvalue weighted by Crippen LogP contribution is 2.15. The van der Waals surface area contributed by atoms with E-state index in [9.17, 15) is 14.4 Å². The van der Waals surface area contributed by atoms with Crippen molar-refractivity contribution in [3.05, 3.63) is 59.7 Å². The van der Waals surface area contributed by atoms with Crippen LogP contribution in [0.4, 0.5) is 11.4 Å². The molecule has 0 unspecified atom stereocenters. The first-order valence-electron chi connectivity index (χ1n) is 10.3. The molecule has 0 radical (unpaired) electrons. The second-order valence-corrected chi connectivity index (χ2v) is 7.51. The van der Waals surface area contributed by atoms with E-state index in [0.717, 1.165) is 37.4 Å². The molecule has 158 valence electrons. The predicted octanol–water partition coefficient (Wildman–Crippen LogP) is 0.983. The van der Waals surface area contributed by atoms with E-state index in [1.165, 1.54) is 4.90 Å². The van der Waals surface area contributed by atoms with Crippen LogP contribution < -0.4 is 20.4 Å². The molecule has 0 bridgehead atoms. The lowest BCUT2D eigenvalue weighted by Crippen LogP contribution is -3.15. The Morgan fingerprint density at radius 3 is 2.33 bits per heavy atom. The number of Topliss-reactive ketones (excluding diaryl/α,β-unsaturated/α-hetero) is 1. The summed E-state index contributed by atoms with van der Waals surface area (Å²) in [6, 6.07) is 14.7. The van der Waals surface area contributed by atoms with Crippen molar-refractivity contribution in [3.8, 4) is 0 Å². The van der Waals surface area contributed by atoms with Crippen molar-refractivity contribution in [3.63, 3.8) is 0 Å². The number of rotatable bonds is 7. The smallest absolute Gasteiger partial charge is 0.279 e. The van der Waals surface area contributed by atoms with Crippen molar-refractivity contribution in [1.29, 1.82) is 0 Å². The number of hydrogen-bond acceptors (Lipinski definition) is 4. The number of anilines is 2. The van der Waals surface area contributed by atoms with Gasteiger partial charge in [0, 0.05) is 29.0 Å². The molecule has 2 aromatic rings. The Balaban J connectivity index is 1.49. The van der Waals surface area contributed by atoms with E-state index in [1.807, 2.05) is 31.2 Å². The second-order valence-electron chi connectivity index (χ2n) is 7.51. The van der Waals surface area contributed by atoms with Gasteiger partial charge in [-0.2, -0.15) is 0 Å². The van der Waals surface area contributed by atoms with E-state index in [2.05, 4.69) is 15.5 Å². The van der Waals surface area contributed by atoms with Gasteiger partial charge in [0.05, 0.1) is 26.2 Å². The minimum absolute atomic E-state index is 0.0580. The summed E-state index contributed by atoms with van der Waals surface area (Å²) in [5.74, 6) is -0.137. The number of nitrogens with one attached hydrogen (secondary N) is 3. The molecular weight excluding hydrogens is 380 g/mol. The first-order valence-corrected chi connectivity index (χ1v) is 10.3. The Labute approximate surface area is 177 Å². The summed E-state index contributed by atoms with van der Waals surface area (Å²) in [5.41, 5.74) is 2.99. The Bertz CT molecular complexity index is 903. The van der Waals surface area contributed by atoms with Gasteiger partial charge in [-0.05, 0) is 56.3 Å². The summed E-state index contributed by atoms with van der Waals surface area (Å²) in [6.07, 6.45) is 0. The van der Waals surface area contributed by atoms with Gasteiger partial charge in [0.25, 0.3) is 11.8 Å². The largest absolute Gasteiger partial charge is 0.360 e. The summed E-state index contributed by atoms with van der Waals surface area (Å²) in [5, 5.41) is 5.66. The summed E-state index contributed by atoms with van der Waals surface area (Å²) >= 11 is 0.